The number of aliphatic hydroxyl groups is 2. The van der Waals surface area contributed by atoms with E-state index in [1.165, 1.54) is 31.4 Å². The van der Waals surface area contributed by atoms with E-state index in [-0.39, 0.29) is 88.3 Å². The van der Waals surface area contributed by atoms with Crippen LogP contribution in [0.1, 0.15) is 117 Å². The van der Waals surface area contributed by atoms with Gasteiger partial charge in [-0.05, 0) is 115 Å². The van der Waals surface area contributed by atoms with Crippen molar-refractivity contribution in [3.63, 3.8) is 0 Å². The molecule has 7 heterocycles. The number of carbonyl (C=O) groups is 4. The number of carbonyl (C=O) groups excluding carboxylic acids is 4. The molecule has 7 aromatic rings. The molecule has 3 aromatic heterocycles. The third-order valence-electron chi connectivity index (χ3n) is 17.2. The van der Waals surface area contributed by atoms with Gasteiger partial charge in [-0.1, -0.05) is 47.4 Å². The maximum Gasteiger partial charge on any atom is 0.334 e. The van der Waals surface area contributed by atoms with Gasteiger partial charge < -0.3 is 59.7 Å². The van der Waals surface area contributed by atoms with Crippen molar-refractivity contribution in [2.75, 3.05) is 128 Å². The molecule has 0 unspecified atom stereocenters. The van der Waals surface area contributed by atoms with E-state index in [4.69, 9.17) is 56.3 Å². The smallest absolute Gasteiger partial charge is 0.334 e. The average molecular weight is 1430 g/mol. The fourth-order valence-corrected chi connectivity index (χ4v) is 14.6. The molecule has 4 aromatic carbocycles. The van der Waals surface area contributed by atoms with Gasteiger partial charge in [0.1, 0.15) is 51.2 Å². The van der Waals surface area contributed by atoms with Gasteiger partial charge in [0.25, 0.3) is 21.9 Å². The second kappa shape index (κ2) is 31.5. The monoisotopic (exact) mass is 1430 g/mol. The van der Waals surface area contributed by atoms with Crippen LogP contribution in [0.15, 0.2) is 104 Å². The number of amides is 4. The predicted molar refractivity (Wildman–Crippen MR) is 382 cm³/mol. The van der Waals surface area contributed by atoms with E-state index in [0.717, 1.165) is 72.2 Å². The summed E-state index contributed by atoms with van der Waals surface area (Å²) in [6, 6.07) is 18.8. The van der Waals surface area contributed by atoms with Crippen molar-refractivity contribution in [3.05, 3.63) is 122 Å². The fraction of sp³-hybridized carbons (Fsp3) is 0.358. The maximum atomic E-state index is 13.9. The number of ether oxygens (including phenoxy) is 2. The maximum absolute atomic E-state index is 13.9. The number of benzene rings is 4. The Kier molecular flexibility index (Phi) is 22.3. The number of nitriles is 1. The molecule has 31 nitrogen and oxygen atoms in total. The summed E-state index contributed by atoms with van der Waals surface area (Å²) < 4.78 is 46.7. The van der Waals surface area contributed by atoms with E-state index in [1.54, 1.807) is 54.5 Å². The second-order valence-corrected chi connectivity index (χ2v) is 26.5. The number of hydrogen-bond acceptors (Lipinski definition) is 29. The van der Waals surface area contributed by atoms with Gasteiger partial charge >= 0.3 is 11.8 Å². The number of methoxy groups -OCH3 is 2. The van der Waals surface area contributed by atoms with Crippen LogP contribution in [0.4, 0.5) is 73.9 Å². The summed E-state index contributed by atoms with van der Waals surface area (Å²) in [4.78, 5) is 94.5. The highest BCUT2D eigenvalue weighted by molar-refractivity contribution is 7.86. The van der Waals surface area contributed by atoms with Crippen LogP contribution in [0.3, 0.4) is 0 Å². The van der Waals surface area contributed by atoms with Crippen LogP contribution in [-0.4, -0.2) is 174 Å². The zero-order valence-corrected chi connectivity index (χ0v) is 58.6. The van der Waals surface area contributed by atoms with Crippen molar-refractivity contribution in [1.82, 2.24) is 34.7 Å². The Morgan fingerprint density at radius 3 is 1.53 bits per heavy atom. The van der Waals surface area contributed by atoms with Gasteiger partial charge in [0.2, 0.25) is 33.9 Å². The first-order valence-electron chi connectivity index (χ1n) is 32.6. The summed E-state index contributed by atoms with van der Waals surface area (Å²) >= 11 is 2.13. The number of aromatic nitrogens is 5. The molecule has 5 N–H and O–H groups in total. The standard InChI is InChI=1S/C67H72N20O11S3/c1-8-81(9-2)48-34-44(46(36-50(48)97-6)77-79-66-72-57(83-25-16-12-17-26-83)52(99-66)33-40(39-68)86-61(92)43-23-20-24-54(101(94,95)96)56(43)62(86)93)70-63-74-64(76-65(75-63)85(29-31-88)30-32-89)71-45-35-49(82(10-3)11-4)51(98-7)37-47(45)78-80-67-73-58(84-27-18-13-19-28-84)53(100-67)38-55(69-5)87-59(90)41-21-14-15-22-42(41)60(87)91/h14-15,20-24,33-38,88-89H,8-13,16-19,25-32H2,1-4,6-7H3,(H,94,95,96)(H2,70,71,74,75,76)/b40-33+,55-38+,79-77?,80-78?. The molecule has 524 valence electrons. The summed E-state index contributed by atoms with van der Waals surface area (Å²) in [6.45, 7) is 20.3. The molecule has 0 atom stereocenters. The number of aliphatic hydroxyl groups excluding tert-OH is 2. The van der Waals surface area contributed by atoms with E-state index >= 15 is 0 Å². The van der Waals surface area contributed by atoms with E-state index < -0.39 is 49.9 Å². The van der Waals surface area contributed by atoms with Gasteiger partial charge in [0.05, 0.1) is 82.2 Å². The van der Waals surface area contributed by atoms with Crippen LogP contribution >= 0.6 is 22.7 Å². The van der Waals surface area contributed by atoms with Gasteiger partial charge in [0, 0.05) is 77.6 Å². The van der Waals surface area contributed by atoms with Crippen molar-refractivity contribution in [2.45, 2.75) is 71.1 Å². The topological polar surface area (TPSA) is 370 Å². The molecular weight excluding hydrogens is 1360 g/mol. The van der Waals surface area contributed by atoms with Crippen molar-refractivity contribution in [1.29, 1.82) is 5.26 Å². The third kappa shape index (κ3) is 15.0. The minimum absolute atomic E-state index is 0.000706. The van der Waals surface area contributed by atoms with E-state index in [2.05, 4.69) is 35.3 Å². The normalized spacial score (nSPS) is 15.0. The highest BCUT2D eigenvalue weighted by Crippen LogP contribution is 2.46. The lowest BCUT2D eigenvalue weighted by Crippen LogP contribution is -2.31. The SMILES string of the molecule is [C-]#[N+]/C(=C\c1sc(N=Nc2cc(OC)c(N(CC)CC)cc2Nc2nc(Nc3cc(N(CC)CC)c(OC)cc3N=Nc3nc(N4CCCCC4)c(/C=C(\C#N)N4C(=O)c5cccc(S(=O)(=O)O)c5C4=O)s3)nc(N(CCO)CCO)n2)nc1N1CCCCC1)N1C(=O)c2ccccc2C1=O. The molecular formula is C67H72N20O11S3. The van der Waals surface area contributed by atoms with Crippen LogP contribution in [0.25, 0.3) is 17.0 Å². The quantitative estimate of drug-likeness (QED) is 0.00999. The predicted octanol–water partition coefficient (Wildman–Crippen LogP) is 11.5. The largest absolute Gasteiger partial charge is 0.494 e. The first kappa shape index (κ1) is 71.4. The number of rotatable bonds is 28. The number of hydrogen-bond donors (Lipinski definition) is 5. The van der Waals surface area contributed by atoms with E-state index in [0.29, 0.717) is 113 Å². The number of nitrogens with one attached hydrogen (secondary N) is 2. The number of piperidine rings is 2. The first-order chi connectivity index (χ1) is 48.9. The summed E-state index contributed by atoms with van der Waals surface area (Å²) in [5.41, 5.74) is 1.51. The summed E-state index contributed by atoms with van der Waals surface area (Å²) in [5, 5.41) is 57.2. The third-order valence-corrected chi connectivity index (χ3v) is 19.8. The summed E-state index contributed by atoms with van der Waals surface area (Å²) in [5.74, 6) is -1.76. The van der Waals surface area contributed by atoms with Gasteiger partial charge in [-0.3, -0.25) is 14.1 Å². The first-order valence-corrected chi connectivity index (χ1v) is 35.7. The van der Waals surface area contributed by atoms with Crippen LogP contribution in [-0.2, 0) is 10.1 Å². The van der Waals surface area contributed by atoms with Gasteiger partial charge in [-0.25, -0.2) is 14.5 Å². The highest BCUT2D eigenvalue weighted by Gasteiger charge is 2.44. The van der Waals surface area contributed by atoms with Gasteiger partial charge in [0.15, 0.2) is 0 Å². The number of fused-ring (bicyclic) bond motifs is 2. The zero-order chi connectivity index (χ0) is 71.6. The van der Waals surface area contributed by atoms with E-state index in [1.807, 2.05) is 44.7 Å². The molecule has 4 aliphatic rings. The summed E-state index contributed by atoms with van der Waals surface area (Å²) in [6.07, 6.45) is 8.19. The Labute approximate surface area is 590 Å². The number of allylic oxidation sites excluding steroid dienone is 1. The lowest BCUT2D eigenvalue weighted by molar-refractivity contribution is 0.0694. The molecule has 2 fully saturated rings. The van der Waals surface area contributed by atoms with Crippen molar-refractivity contribution in [3.8, 4) is 17.6 Å². The molecule has 4 aliphatic heterocycles. The molecule has 0 radical (unpaired) electrons. The van der Waals surface area contributed by atoms with Crippen LogP contribution in [0, 0.1) is 17.9 Å². The molecule has 0 spiro atoms. The fourth-order valence-electron chi connectivity index (χ4n) is 12.2. The minimum atomic E-state index is -4.95. The van der Waals surface area contributed by atoms with Crippen LogP contribution in [0.2, 0.25) is 0 Å². The van der Waals surface area contributed by atoms with Crippen molar-refractivity contribution >= 4 is 142 Å². The van der Waals surface area contributed by atoms with Crippen LogP contribution < -0.4 is 44.6 Å². The number of imide groups is 2. The van der Waals surface area contributed by atoms with Crippen molar-refractivity contribution < 1.29 is 51.8 Å². The molecule has 0 aliphatic carbocycles. The number of nitrogens with zero attached hydrogens (tertiary/aromatic N) is 18. The van der Waals surface area contributed by atoms with Crippen molar-refractivity contribution in [2.24, 2.45) is 20.5 Å². The zero-order valence-electron chi connectivity index (χ0n) is 56.1. The molecule has 101 heavy (non-hydrogen) atoms. The highest BCUT2D eigenvalue weighted by atomic mass is 32.2. The Morgan fingerprint density at radius 1 is 0.634 bits per heavy atom. The lowest BCUT2D eigenvalue weighted by atomic mass is 10.1. The van der Waals surface area contributed by atoms with Crippen LogP contribution in [0.5, 0.6) is 11.5 Å². The number of thiazole rings is 2. The molecule has 4 amide bonds. The Balaban J connectivity index is 0.994. The Bertz CT molecular complexity index is 4640. The molecule has 0 saturated carbocycles. The molecule has 11 rings (SSSR count). The molecule has 34 heteroatoms. The lowest BCUT2D eigenvalue weighted by Gasteiger charge is -2.27. The molecule has 0 bridgehead atoms. The molecule has 2 saturated heterocycles. The number of azo groups is 2. The average Bonchev–Trinajstić information content (AvgIpc) is 1.61. The Hall–Kier alpha value is -10.9. The second-order valence-electron chi connectivity index (χ2n) is 23.1. The van der Waals surface area contributed by atoms with Gasteiger partial charge in [-0.15, -0.1) is 20.5 Å². The van der Waals surface area contributed by atoms with E-state index in [9.17, 15) is 47.6 Å². The number of anilines is 9. The van der Waals surface area contributed by atoms with Gasteiger partial charge in [-0.2, -0.15) is 43.5 Å². The minimum Gasteiger partial charge on any atom is -0.494 e. The Morgan fingerprint density at radius 2 is 1.10 bits per heavy atom. The summed E-state index contributed by atoms with van der Waals surface area (Å²) in [7, 11) is -1.89.